The summed E-state index contributed by atoms with van der Waals surface area (Å²) < 4.78 is 0. The lowest BCUT2D eigenvalue weighted by Gasteiger charge is -2.37. The van der Waals surface area contributed by atoms with E-state index in [1.165, 1.54) is 17.5 Å². The minimum Gasteiger partial charge on any atom is -0.383 e. The van der Waals surface area contributed by atoms with Gasteiger partial charge in [0.05, 0.1) is 22.8 Å². The van der Waals surface area contributed by atoms with Crippen LogP contribution in [0.1, 0.15) is 52.8 Å². The van der Waals surface area contributed by atoms with Gasteiger partial charge in [-0.15, -0.1) is 11.3 Å². The van der Waals surface area contributed by atoms with Gasteiger partial charge in [0.2, 0.25) is 0 Å². The molecule has 154 valence electrons. The Hall–Kier alpha value is -2.94. The number of likely N-dealkylation sites (tertiary alicyclic amines) is 1. The summed E-state index contributed by atoms with van der Waals surface area (Å²) in [7, 11) is 0. The summed E-state index contributed by atoms with van der Waals surface area (Å²) in [6.45, 7) is 4.46. The topological polar surface area (TPSA) is 131 Å². The molecule has 0 aliphatic carbocycles. The summed E-state index contributed by atoms with van der Waals surface area (Å²) >= 11 is 1.27. The van der Waals surface area contributed by atoms with Crippen LogP contribution in [-0.2, 0) is 16.0 Å². The average molecular weight is 416 g/mol. The van der Waals surface area contributed by atoms with E-state index in [0.717, 1.165) is 23.3 Å². The molecule has 1 aliphatic rings. The standard InChI is InChI=1S/C20H25N5O3S/c1-3-12-8-13(9-23-17(12)21)24-19(27)20(28)25-10-11(2)4-5-14(25)15-6-7-16(29-15)18(22)26/h6-9,11,14H,3-5,10H2,1-2H3,(H2,21,23)(H2,22,26)(H,24,27)/t11-,14?/m0/s1. The van der Waals surface area contributed by atoms with Gasteiger partial charge in [0, 0.05) is 11.4 Å². The third kappa shape index (κ3) is 4.56. The minimum absolute atomic E-state index is 0.252. The molecular weight excluding hydrogens is 390 g/mol. The first-order valence-electron chi connectivity index (χ1n) is 9.56. The third-order valence-corrected chi connectivity index (χ3v) is 6.31. The Morgan fingerprint density at radius 1 is 1.31 bits per heavy atom. The maximum absolute atomic E-state index is 13.0. The van der Waals surface area contributed by atoms with Crippen molar-refractivity contribution >= 4 is 40.6 Å². The lowest BCUT2D eigenvalue weighted by atomic mass is 9.93. The second-order valence-electron chi connectivity index (χ2n) is 7.30. The zero-order chi connectivity index (χ0) is 21.1. The van der Waals surface area contributed by atoms with Crippen molar-refractivity contribution in [2.75, 3.05) is 17.6 Å². The van der Waals surface area contributed by atoms with Crippen molar-refractivity contribution in [1.82, 2.24) is 9.88 Å². The van der Waals surface area contributed by atoms with Crippen LogP contribution in [0.5, 0.6) is 0 Å². The van der Waals surface area contributed by atoms with Crippen LogP contribution in [0, 0.1) is 5.92 Å². The van der Waals surface area contributed by atoms with E-state index in [-0.39, 0.29) is 12.0 Å². The number of hydrogen-bond acceptors (Lipinski definition) is 6. The monoisotopic (exact) mass is 415 g/mol. The van der Waals surface area contributed by atoms with Gasteiger partial charge in [-0.1, -0.05) is 13.8 Å². The Morgan fingerprint density at radius 3 is 2.72 bits per heavy atom. The second kappa shape index (κ2) is 8.60. The first-order chi connectivity index (χ1) is 13.8. The summed E-state index contributed by atoms with van der Waals surface area (Å²) in [5, 5.41) is 2.63. The molecule has 3 heterocycles. The Labute approximate surface area is 173 Å². The number of pyridine rings is 1. The molecule has 29 heavy (non-hydrogen) atoms. The fourth-order valence-corrected chi connectivity index (χ4v) is 4.53. The Morgan fingerprint density at radius 2 is 2.07 bits per heavy atom. The molecule has 1 saturated heterocycles. The highest BCUT2D eigenvalue weighted by atomic mass is 32.1. The fourth-order valence-electron chi connectivity index (χ4n) is 3.52. The molecule has 3 amide bonds. The predicted octanol–water partition coefficient (Wildman–Crippen LogP) is 2.32. The molecule has 0 bridgehead atoms. The number of aryl methyl sites for hydroxylation is 1. The number of nitrogens with zero attached hydrogens (tertiary/aromatic N) is 2. The van der Waals surface area contributed by atoms with Gasteiger partial charge in [-0.25, -0.2) is 4.98 Å². The first kappa shape index (κ1) is 20.8. The number of aromatic nitrogens is 1. The van der Waals surface area contributed by atoms with Crippen molar-refractivity contribution < 1.29 is 14.4 Å². The number of primary amides is 1. The van der Waals surface area contributed by atoms with Gasteiger partial charge in [-0.05, 0) is 48.9 Å². The van der Waals surface area contributed by atoms with Crippen LogP contribution < -0.4 is 16.8 Å². The number of anilines is 2. The minimum atomic E-state index is -0.718. The molecular formula is C20H25N5O3S. The number of amides is 3. The summed E-state index contributed by atoms with van der Waals surface area (Å²) in [5.74, 6) is -1.13. The van der Waals surface area contributed by atoms with Crippen LogP contribution in [-0.4, -0.2) is 34.2 Å². The lowest BCUT2D eigenvalue weighted by Crippen LogP contribution is -2.46. The molecule has 1 aliphatic heterocycles. The number of thiophene rings is 1. The van der Waals surface area contributed by atoms with Crippen LogP contribution in [0.3, 0.4) is 0 Å². The molecule has 0 radical (unpaired) electrons. The molecule has 0 spiro atoms. The van der Waals surface area contributed by atoms with Crippen LogP contribution in [0.15, 0.2) is 24.4 Å². The Balaban J connectivity index is 1.79. The molecule has 1 unspecified atom stereocenters. The fraction of sp³-hybridized carbons (Fsp3) is 0.400. The highest BCUT2D eigenvalue weighted by Gasteiger charge is 2.35. The van der Waals surface area contributed by atoms with E-state index < -0.39 is 17.7 Å². The quantitative estimate of drug-likeness (QED) is 0.660. The number of piperidine rings is 1. The normalized spacial score (nSPS) is 19.0. The summed E-state index contributed by atoms with van der Waals surface area (Å²) in [4.78, 5) is 44.0. The number of carbonyl (C=O) groups excluding carboxylic acids is 3. The van der Waals surface area contributed by atoms with E-state index in [9.17, 15) is 14.4 Å². The van der Waals surface area contributed by atoms with Crippen molar-refractivity contribution in [3.05, 3.63) is 39.7 Å². The molecule has 5 N–H and O–H groups in total. The number of nitrogen functional groups attached to an aromatic ring is 1. The van der Waals surface area contributed by atoms with Crippen molar-refractivity contribution in [1.29, 1.82) is 0 Å². The first-order valence-corrected chi connectivity index (χ1v) is 10.4. The van der Waals surface area contributed by atoms with E-state index in [2.05, 4.69) is 17.2 Å². The van der Waals surface area contributed by atoms with E-state index in [1.54, 1.807) is 23.1 Å². The maximum Gasteiger partial charge on any atom is 0.313 e. The molecule has 8 nitrogen and oxygen atoms in total. The van der Waals surface area contributed by atoms with E-state index in [4.69, 9.17) is 11.5 Å². The Bertz CT molecular complexity index is 942. The zero-order valence-corrected chi connectivity index (χ0v) is 17.3. The number of rotatable bonds is 4. The highest BCUT2D eigenvalue weighted by Crippen LogP contribution is 2.36. The smallest absolute Gasteiger partial charge is 0.313 e. The lowest BCUT2D eigenvalue weighted by molar-refractivity contribution is -0.146. The van der Waals surface area contributed by atoms with Crippen LogP contribution in [0.25, 0.3) is 0 Å². The van der Waals surface area contributed by atoms with Gasteiger partial charge in [0.25, 0.3) is 5.91 Å². The molecule has 1 fully saturated rings. The molecule has 2 atom stereocenters. The Kier molecular flexibility index (Phi) is 6.17. The maximum atomic E-state index is 13.0. The summed E-state index contributed by atoms with van der Waals surface area (Å²) in [6, 6.07) is 4.94. The van der Waals surface area contributed by atoms with Gasteiger partial charge in [-0.3, -0.25) is 14.4 Å². The molecule has 0 saturated carbocycles. The number of nitrogens with one attached hydrogen (secondary N) is 1. The van der Waals surface area contributed by atoms with Crippen molar-refractivity contribution in [3.63, 3.8) is 0 Å². The third-order valence-electron chi connectivity index (χ3n) is 5.11. The van der Waals surface area contributed by atoms with Crippen molar-refractivity contribution in [2.24, 2.45) is 11.7 Å². The van der Waals surface area contributed by atoms with Gasteiger partial charge >= 0.3 is 11.8 Å². The molecule has 2 aromatic heterocycles. The van der Waals surface area contributed by atoms with Gasteiger partial charge in [0.1, 0.15) is 5.82 Å². The van der Waals surface area contributed by atoms with Crippen LogP contribution in [0.4, 0.5) is 11.5 Å². The van der Waals surface area contributed by atoms with Crippen LogP contribution in [0.2, 0.25) is 0 Å². The predicted molar refractivity (Wildman–Crippen MR) is 112 cm³/mol. The number of hydrogen-bond donors (Lipinski definition) is 3. The van der Waals surface area contributed by atoms with Gasteiger partial charge < -0.3 is 21.7 Å². The van der Waals surface area contributed by atoms with E-state index >= 15 is 0 Å². The van der Waals surface area contributed by atoms with Crippen LogP contribution >= 0.6 is 11.3 Å². The van der Waals surface area contributed by atoms with Gasteiger partial charge in [0.15, 0.2) is 0 Å². The van der Waals surface area contributed by atoms with E-state index in [1.807, 2.05) is 6.92 Å². The summed E-state index contributed by atoms with van der Waals surface area (Å²) in [6.07, 6.45) is 3.76. The SMILES string of the molecule is CCc1cc(NC(=O)C(=O)N2C[C@@H](C)CCC2c2ccc(C(N)=O)s2)cnc1N. The number of carbonyl (C=O) groups is 3. The largest absolute Gasteiger partial charge is 0.383 e. The highest BCUT2D eigenvalue weighted by molar-refractivity contribution is 7.14. The molecule has 2 aromatic rings. The summed E-state index contributed by atoms with van der Waals surface area (Å²) in [5.41, 5.74) is 12.4. The second-order valence-corrected chi connectivity index (χ2v) is 8.41. The van der Waals surface area contributed by atoms with Crippen molar-refractivity contribution in [2.45, 2.75) is 39.2 Å². The molecule has 3 rings (SSSR count). The zero-order valence-electron chi connectivity index (χ0n) is 16.5. The van der Waals surface area contributed by atoms with Gasteiger partial charge in [-0.2, -0.15) is 0 Å². The average Bonchev–Trinajstić information content (AvgIpc) is 3.19. The number of nitrogens with two attached hydrogens (primary N) is 2. The van der Waals surface area contributed by atoms with Crippen molar-refractivity contribution in [3.8, 4) is 0 Å². The molecule has 9 heteroatoms. The van der Waals surface area contributed by atoms with E-state index in [0.29, 0.717) is 29.3 Å². The molecule has 0 aromatic carbocycles.